The molecule has 4 aromatic rings. The molecule has 4 aromatic carbocycles. The Balaban J connectivity index is 1.03. The summed E-state index contributed by atoms with van der Waals surface area (Å²) in [5.74, 6) is 0.888. The van der Waals surface area contributed by atoms with E-state index in [1.54, 1.807) is 0 Å². The predicted molar refractivity (Wildman–Crippen MR) is 155 cm³/mol. The molecule has 2 bridgehead atoms. The number of morpholine rings is 1. The van der Waals surface area contributed by atoms with Crippen LogP contribution in [0.5, 0.6) is 5.75 Å². The third kappa shape index (κ3) is 4.67. The van der Waals surface area contributed by atoms with E-state index in [0.717, 1.165) is 23.3 Å². The molecular formula is C35H31NO4. The highest BCUT2D eigenvalue weighted by Gasteiger charge is 2.40. The number of amides is 1. The summed E-state index contributed by atoms with van der Waals surface area (Å²) >= 11 is 0. The lowest BCUT2D eigenvalue weighted by Crippen LogP contribution is -2.56. The lowest BCUT2D eigenvalue weighted by Gasteiger charge is -2.44. The van der Waals surface area contributed by atoms with Crippen LogP contribution in [0.1, 0.15) is 34.6 Å². The standard InChI is InChI=1S/C35H31NO4/c37-35(40-23-34-32-12-6-4-10-30(32)31-11-5-7-13-33(31)34)36-27-18-26(19-28(36)22-38-21-27)25-14-16-29(17-15-25)39-20-24-8-2-1-3-9-24/h1-18,27-28,34H,19-23H2. The van der Waals surface area contributed by atoms with Crippen molar-refractivity contribution in [3.63, 3.8) is 0 Å². The third-order valence-electron chi connectivity index (χ3n) is 8.22. The van der Waals surface area contributed by atoms with Crippen molar-refractivity contribution in [2.24, 2.45) is 0 Å². The maximum absolute atomic E-state index is 13.5. The van der Waals surface area contributed by atoms with Crippen LogP contribution in [0.25, 0.3) is 16.7 Å². The van der Waals surface area contributed by atoms with Crippen LogP contribution in [-0.2, 0) is 16.1 Å². The number of carbonyl (C=O) groups is 1. The lowest BCUT2D eigenvalue weighted by molar-refractivity contribution is -0.0331. The fourth-order valence-corrected chi connectivity index (χ4v) is 6.27. The van der Waals surface area contributed by atoms with Crippen LogP contribution in [0, 0.1) is 0 Å². The van der Waals surface area contributed by atoms with Gasteiger partial charge in [0.2, 0.25) is 0 Å². The maximum atomic E-state index is 13.5. The highest BCUT2D eigenvalue weighted by atomic mass is 16.6. The lowest BCUT2D eigenvalue weighted by atomic mass is 9.90. The molecule has 40 heavy (non-hydrogen) atoms. The summed E-state index contributed by atoms with van der Waals surface area (Å²) in [6.45, 7) is 1.85. The van der Waals surface area contributed by atoms with Crippen LogP contribution in [0.2, 0.25) is 0 Å². The van der Waals surface area contributed by atoms with Crippen molar-refractivity contribution in [3.05, 3.63) is 131 Å². The highest BCUT2D eigenvalue weighted by molar-refractivity contribution is 5.79. The van der Waals surface area contributed by atoms with Gasteiger partial charge in [0.05, 0.1) is 25.3 Å². The zero-order chi connectivity index (χ0) is 26.9. The number of ether oxygens (including phenoxy) is 3. The molecule has 2 heterocycles. The monoisotopic (exact) mass is 529 g/mol. The number of rotatable bonds is 6. The van der Waals surface area contributed by atoms with Crippen LogP contribution in [0.15, 0.2) is 109 Å². The quantitative estimate of drug-likeness (QED) is 0.268. The van der Waals surface area contributed by atoms with E-state index in [4.69, 9.17) is 14.2 Å². The van der Waals surface area contributed by atoms with Gasteiger partial charge >= 0.3 is 6.09 Å². The van der Waals surface area contributed by atoms with Gasteiger partial charge in [-0.25, -0.2) is 4.79 Å². The van der Waals surface area contributed by atoms with Crippen molar-refractivity contribution >= 4 is 11.7 Å². The molecule has 1 saturated heterocycles. The minimum absolute atomic E-state index is 0.0472. The Hall–Kier alpha value is -4.35. The van der Waals surface area contributed by atoms with Gasteiger partial charge in [-0.15, -0.1) is 0 Å². The second-order valence-corrected chi connectivity index (χ2v) is 10.7. The molecule has 7 rings (SSSR count). The second-order valence-electron chi connectivity index (χ2n) is 10.7. The zero-order valence-electron chi connectivity index (χ0n) is 22.2. The number of nitrogens with zero attached hydrogens (tertiary/aromatic N) is 1. The van der Waals surface area contributed by atoms with Gasteiger partial charge in [-0.2, -0.15) is 0 Å². The number of hydrogen-bond acceptors (Lipinski definition) is 4. The first kappa shape index (κ1) is 24.7. The molecule has 200 valence electrons. The van der Waals surface area contributed by atoms with Gasteiger partial charge in [0, 0.05) is 5.92 Å². The first-order chi connectivity index (χ1) is 19.7. The fourth-order valence-electron chi connectivity index (χ4n) is 6.27. The number of hydrogen-bond donors (Lipinski definition) is 0. The fraction of sp³-hybridized carbons (Fsp3) is 0.229. The Kier molecular flexibility index (Phi) is 6.58. The molecule has 0 spiro atoms. The molecule has 5 heteroatoms. The Morgan fingerprint density at radius 2 is 1.48 bits per heavy atom. The normalized spacial score (nSPS) is 19.4. The number of fused-ring (bicyclic) bond motifs is 5. The van der Waals surface area contributed by atoms with Gasteiger partial charge in [0.15, 0.2) is 0 Å². The summed E-state index contributed by atoms with van der Waals surface area (Å²) in [6.07, 6.45) is 2.63. The van der Waals surface area contributed by atoms with Crippen molar-refractivity contribution in [1.82, 2.24) is 4.90 Å². The Labute approximate surface area is 234 Å². The predicted octanol–water partition coefficient (Wildman–Crippen LogP) is 7.07. The molecular weight excluding hydrogens is 498 g/mol. The molecule has 0 aromatic heterocycles. The summed E-state index contributed by atoms with van der Waals surface area (Å²) in [5, 5.41) is 0. The van der Waals surface area contributed by atoms with Crippen molar-refractivity contribution in [2.45, 2.75) is 31.0 Å². The molecule has 0 N–H and O–H groups in total. The van der Waals surface area contributed by atoms with E-state index in [1.807, 2.05) is 35.2 Å². The molecule has 1 fully saturated rings. The Bertz CT molecular complexity index is 1500. The average Bonchev–Trinajstić information content (AvgIpc) is 3.32. The first-order valence-corrected chi connectivity index (χ1v) is 13.9. The van der Waals surface area contributed by atoms with Gasteiger partial charge in [-0.3, -0.25) is 4.90 Å². The zero-order valence-corrected chi connectivity index (χ0v) is 22.2. The van der Waals surface area contributed by atoms with Crippen LogP contribution in [0.3, 0.4) is 0 Å². The van der Waals surface area contributed by atoms with E-state index in [2.05, 4.69) is 78.9 Å². The maximum Gasteiger partial charge on any atom is 0.410 e. The molecule has 1 aliphatic carbocycles. The van der Waals surface area contributed by atoms with Crippen molar-refractivity contribution in [3.8, 4) is 16.9 Å². The van der Waals surface area contributed by atoms with Crippen molar-refractivity contribution < 1.29 is 19.0 Å². The third-order valence-corrected chi connectivity index (χ3v) is 8.22. The van der Waals surface area contributed by atoms with Crippen LogP contribution in [-0.4, -0.2) is 42.9 Å². The SMILES string of the molecule is O=C(OCC1c2ccccc2-c2ccccc21)N1C2C=C(c3ccc(OCc4ccccc4)cc3)CC1COC2. The smallest absolute Gasteiger partial charge is 0.410 e. The second kappa shape index (κ2) is 10.7. The van der Waals surface area contributed by atoms with Gasteiger partial charge in [-0.1, -0.05) is 97.1 Å². The molecule has 1 amide bonds. The van der Waals surface area contributed by atoms with Crippen molar-refractivity contribution in [1.29, 1.82) is 0 Å². The summed E-state index contributed by atoms with van der Waals surface area (Å²) in [6, 6.07) is 35.0. The van der Waals surface area contributed by atoms with E-state index in [-0.39, 0.29) is 24.1 Å². The van der Waals surface area contributed by atoms with Crippen molar-refractivity contribution in [2.75, 3.05) is 19.8 Å². The summed E-state index contributed by atoms with van der Waals surface area (Å²) in [7, 11) is 0. The van der Waals surface area contributed by atoms with E-state index < -0.39 is 0 Å². The topological polar surface area (TPSA) is 48.0 Å². The van der Waals surface area contributed by atoms with Gasteiger partial charge < -0.3 is 14.2 Å². The average molecular weight is 530 g/mol. The van der Waals surface area contributed by atoms with E-state index in [9.17, 15) is 4.79 Å². The summed E-state index contributed by atoms with van der Waals surface area (Å²) in [5.41, 5.74) is 8.42. The molecule has 2 unspecified atom stereocenters. The Morgan fingerprint density at radius 1 is 0.800 bits per heavy atom. The van der Waals surface area contributed by atoms with Crippen LogP contribution >= 0.6 is 0 Å². The van der Waals surface area contributed by atoms with Crippen LogP contribution in [0.4, 0.5) is 4.79 Å². The molecule has 5 nitrogen and oxygen atoms in total. The van der Waals surface area contributed by atoms with E-state index in [1.165, 1.54) is 27.8 Å². The highest BCUT2D eigenvalue weighted by Crippen LogP contribution is 2.44. The van der Waals surface area contributed by atoms with Gasteiger partial charge in [-0.05, 0) is 57.5 Å². The number of carbonyl (C=O) groups excluding carboxylic acids is 1. The molecule has 3 aliphatic rings. The van der Waals surface area contributed by atoms with Gasteiger partial charge in [0.1, 0.15) is 19.0 Å². The summed E-state index contributed by atoms with van der Waals surface area (Å²) < 4.78 is 17.8. The summed E-state index contributed by atoms with van der Waals surface area (Å²) in [4.78, 5) is 15.4. The molecule has 2 aliphatic heterocycles. The van der Waals surface area contributed by atoms with Gasteiger partial charge in [0.25, 0.3) is 0 Å². The minimum Gasteiger partial charge on any atom is -0.489 e. The first-order valence-electron chi connectivity index (χ1n) is 13.9. The molecule has 0 radical (unpaired) electrons. The van der Waals surface area contributed by atoms with Crippen LogP contribution < -0.4 is 4.74 Å². The largest absolute Gasteiger partial charge is 0.489 e. The Morgan fingerprint density at radius 3 is 2.17 bits per heavy atom. The molecule has 2 atom stereocenters. The van der Waals surface area contributed by atoms with E-state index >= 15 is 0 Å². The van der Waals surface area contributed by atoms with E-state index in [0.29, 0.717) is 26.4 Å². The number of benzene rings is 4. The molecule has 0 saturated carbocycles. The minimum atomic E-state index is -0.264.